The number of rotatable bonds is 4. The number of halogens is 3. The fourth-order valence-corrected chi connectivity index (χ4v) is 8.50. The summed E-state index contributed by atoms with van der Waals surface area (Å²) in [6, 6.07) is 6.34. The van der Waals surface area contributed by atoms with Gasteiger partial charge in [0.05, 0.1) is 15.4 Å². The largest absolute Gasteiger partial charge is 0.502 e. The minimum Gasteiger partial charge on any atom is -0.502 e. The summed E-state index contributed by atoms with van der Waals surface area (Å²) in [7, 11) is -4.01. The lowest BCUT2D eigenvalue weighted by atomic mass is 9.55. The van der Waals surface area contributed by atoms with Crippen molar-refractivity contribution < 1.29 is 31.6 Å². The molecule has 3 aliphatic rings. The fraction of sp³-hybridized carbons (Fsp3) is 0.520. The standard InChI is InChI=1S/C25H27F3N2O5S/c1-24-13-12-17-16-8-10-21(31)23(30(32)33)19(16)7-6-18(17)20(24)9-11-22(24)29-36(34,35)15-4-2-14(3-5-15)25(26,27)28/h2-5,8,10,17-18,20,22,29,31H,6-7,9,11-13H2,1H3/t17-,18-,20+,22+,24+/m1/s1. The molecule has 11 heteroatoms. The summed E-state index contributed by atoms with van der Waals surface area (Å²) in [5, 5.41) is 21.6. The average molecular weight is 525 g/mol. The van der Waals surface area contributed by atoms with Crippen molar-refractivity contribution in [3.63, 3.8) is 0 Å². The maximum Gasteiger partial charge on any atom is 0.416 e. The Hall–Kier alpha value is -2.66. The Balaban J connectivity index is 1.38. The lowest BCUT2D eigenvalue weighted by Crippen LogP contribution is -2.50. The minimum absolute atomic E-state index is 0.108. The van der Waals surface area contributed by atoms with E-state index >= 15 is 0 Å². The lowest BCUT2D eigenvalue weighted by Gasteiger charge is -2.50. The first-order chi connectivity index (χ1) is 16.8. The van der Waals surface area contributed by atoms with Crippen LogP contribution >= 0.6 is 0 Å². The lowest BCUT2D eigenvalue weighted by molar-refractivity contribution is -0.386. The van der Waals surface area contributed by atoms with Gasteiger partial charge in [-0.05, 0) is 97.6 Å². The highest BCUT2D eigenvalue weighted by Crippen LogP contribution is 2.61. The van der Waals surface area contributed by atoms with Crippen LogP contribution in [0.15, 0.2) is 41.3 Å². The fourth-order valence-electron chi connectivity index (χ4n) is 7.11. The molecule has 2 N–H and O–H groups in total. The Bertz CT molecular complexity index is 1310. The van der Waals surface area contributed by atoms with E-state index in [1.807, 2.05) is 0 Å². The third kappa shape index (κ3) is 3.96. The molecule has 2 saturated carbocycles. The van der Waals surface area contributed by atoms with E-state index in [0.29, 0.717) is 24.8 Å². The molecular formula is C25H27F3N2O5S. The van der Waals surface area contributed by atoms with Crippen LogP contribution in [0.2, 0.25) is 0 Å². The van der Waals surface area contributed by atoms with Crippen LogP contribution in [0.1, 0.15) is 61.6 Å². The van der Waals surface area contributed by atoms with Gasteiger partial charge in [-0.1, -0.05) is 13.0 Å². The second-order valence-corrected chi connectivity index (χ2v) is 12.2. The van der Waals surface area contributed by atoms with Gasteiger partial charge in [-0.2, -0.15) is 13.2 Å². The highest BCUT2D eigenvalue weighted by molar-refractivity contribution is 7.89. The molecule has 0 unspecified atom stereocenters. The molecule has 2 aromatic carbocycles. The topological polar surface area (TPSA) is 110 Å². The van der Waals surface area contributed by atoms with Crippen molar-refractivity contribution in [3.05, 3.63) is 63.2 Å². The molecule has 194 valence electrons. The van der Waals surface area contributed by atoms with E-state index in [1.54, 1.807) is 6.07 Å². The van der Waals surface area contributed by atoms with E-state index in [-0.39, 0.29) is 45.5 Å². The number of hydrogen-bond donors (Lipinski definition) is 2. The SMILES string of the molecule is C[C@]12CC[C@@H]3c4ccc(O)c([N+](=O)[O-])c4CC[C@H]3[C@@H]1CC[C@@H]2NS(=O)(=O)c1ccc(C(F)(F)F)cc1. The molecule has 0 aliphatic heterocycles. The highest BCUT2D eigenvalue weighted by atomic mass is 32.2. The summed E-state index contributed by atoms with van der Waals surface area (Å²) in [4.78, 5) is 10.8. The summed E-state index contributed by atoms with van der Waals surface area (Å²) in [5.41, 5.74) is 0.0567. The molecule has 0 amide bonds. The molecule has 0 aromatic heterocycles. The predicted octanol–water partition coefficient (Wildman–Crippen LogP) is 5.52. The summed E-state index contributed by atoms with van der Waals surface area (Å²) in [5.74, 6) is 0.228. The van der Waals surface area contributed by atoms with Crippen molar-refractivity contribution in [3.8, 4) is 5.75 Å². The molecule has 5 rings (SSSR count). The number of phenolic OH excluding ortho intramolecular Hbond substituents is 1. The Morgan fingerprint density at radius 3 is 2.42 bits per heavy atom. The van der Waals surface area contributed by atoms with Gasteiger partial charge >= 0.3 is 11.9 Å². The molecule has 3 aliphatic carbocycles. The van der Waals surface area contributed by atoms with Gasteiger partial charge in [0, 0.05) is 11.6 Å². The maximum atomic E-state index is 13.1. The molecule has 7 nitrogen and oxygen atoms in total. The molecule has 0 bridgehead atoms. The molecule has 2 fully saturated rings. The van der Waals surface area contributed by atoms with E-state index in [9.17, 15) is 36.8 Å². The molecule has 5 atom stereocenters. The molecule has 0 spiro atoms. The van der Waals surface area contributed by atoms with E-state index < -0.39 is 26.7 Å². The Labute approximate surface area is 206 Å². The molecule has 36 heavy (non-hydrogen) atoms. The van der Waals surface area contributed by atoms with E-state index in [1.165, 1.54) is 6.07 Å². The van der Waals surface area contributed by atoms with Gasteiger partial charge in [-0.15, -0.1) is 0 Å². The number of nitro groups is 1. The summed E-state index contributed by atoms with van der Waals surface area (Å²) >= 11 is 0. The predicted molar refractivity (Wildman–Crippen MR) is 125 cm³/mol. The van der Waals surface area contributed by atoms with Gasteiger partial charge < -0.3 is 5.11 Å². The number of benzene rings is 2. The Kier molecular flexibility index (Phi) is 5.86. The van der Waals surface area contributed by atoms with Crippen LogP contribution in [0.5, 0.6) is 5.75 Å². The highest BCUT2D eigenvalue weighted by Gasteiger charge is 2.56. The van der Waals surface area contributed by atoms with Crippen LogP contribution in [-0.2, 0) is 22.6 Å². The van der Waals surface area contributed by atoms with Gasteiger partial charge in [0.2, 0.25) is 10.0 Å². The zero-order valence-electron chi connectivity index (χ0n) is 19.6. The second-order valence-electron chi connectivity index (χ2n) is 10.5. The molecule has 0 heterocycles. The number of aromatic hydroxyl groups is 1. The zero-order valence-corrected chi connectivity index (χ0v) is 20.4. The van der Waals surface area contributed by atoms with Crippen LogP contribution in [0.25, 0.3) is 0 Å². The number of nitro benzene ring substituents is 1. The maximum absolute atomic E-state index is 13.1. The first kappa shape index (κ1) is 25.0. The van der Waals surface area contributed by atoms with Crippen molar-refractivity contribution in [1.29, 1.82) is 0 Å². The first-order valence-corrected chi connectivity index (χ1v) is 13.5. The Morgan fingerprint density at radius 2 is 1.78 bits per heavy atom. The monoisotopic (exact) mass is 524 g/mol. The van der Waals surface area contributed by atoms with Crippen molar-refractivity contribution in [2.24, 2.45) is 17.3 Å². The van der Waals surface area contributed by atoms with E-state index in [4.69, 9.17) is 0 Å². The van der Waals surface area contributed by atoms with Gasteiger partial charge in [0.1, 0.15) is 0 Å². The van der Waals surface area contributed by atoms with Crippen molar-refractivity contribution in [2.45, 2.75) is 68.5 Å². The zero-order chi connectivity index (χ0) is 26.0. The van der Waals surface area contributed by atoms with Crippen LogP contribution < -0.4 is 4.72 Å². The Morgan fingerprint density at radius 1 is 1.08 bits per heavy atom. The third-order valence-corrected chi connectivity index (χ3v) is 10.3. The van der Waals surface area contributed by atoms with Gasteiger partial charge in [0.25, 0.3) is 0 Å². The first-order valence-electron chi connectivity index (χ1n) is 12.0. The van der Waals surface area contributed by atoms with Crippen molar-refractivity contribution in [2.75, 3.05) is 0 Å². The van der Waals surface area contributed by atoms with Gasteiger partial charge in [-0.25, -0.2) is 13.1 Å². The number of alkyl halides is 3. The summed E-state index contributed by atoms with van der Waals surface area (Å²) in [6.07, 6.45) is -0.465. The molecule has 2 aromatic rings. The number of nitrogens with one attached hydrogen (secondary N) is 1. The van der Waals surface area contributed by atoms with Gasteiger partial charge in [0.15, 0.2) is 5.75 Å². The van der Waals surface area contributed by atoms with Crippen LogP contribution in [0.3, 0.4) is 0 Å². The van der Waals surface area contributed by atoms with Gasteiger partial charge in [-0.3, -0.25) is 10.1 Å². The third-order valence-electron chi connectivity index (χ3n) is 8.83. The van der Waals surface area contributed by atoms with E-state index in [2.05, 4.69) is 11.6 Å². The number of phenols is 1. The molecule has 0 saturated heterocycles. The van der Waals surface area contributed by atoms with Crippen LogP contribution in [-0.4, -0.2) is 24.5 Å². The minimum atomic E-state index is -4.54. The second kappa shape index (κ2) is 8.44. The average Bonchev–Trinajstić information content (AvgIpc) is 3.13. The van der Waals surface area contributed by atoms with Crippen molar-refractivity contribution >= 4 is 15.7 Å². The van der Waals surface area contributed by atoms with Crippen LogP contribution in [0.4, 0.5) is 18.9 Å². The smallest absolute Gasteiger partial charge is 0.416 e. The summed E-state index contributed by atoms with van der Waals surface area (Å²) in [6.45, 7) is 2.08. The number of nitrogens with zero attached hydrogens (tertiary/aromatic N) is 1. The van der Waals surface area contributed by atoms with Crippen molar-refractivity contribution in [1.82, 2.24) is 4.72 Å². The molecular weight excluding hydrogens is 497 g/mol. The normalized spacial score (nSPS) is 29.8. The van der Waals surface area contributed by atoms with Crippen LogP contribution in [0, 0.1) is 27.4 Å². The number of hydrogen-bond acceptors (Lipinski definition) is 5. The van der Waals surface area contributed by atoms with E-state index in [0.717, 1.165) is 49.1 Å². The number of sulfonamides is 1. The number of fused-ring (bicyclic) bond motifs is 5. The molecule has 0 radical (unpaired) electrons. The quantitative estimate of drug-likeness (QED) is 0.404. The summed E-state index contributed by atoms with van der Waals surface area (Å²) < 4.78 is 67.6.